The van der Waals surface area contributed by atoms with Gasteiger partial charge in [0, 0.05) is 19.4 Å². The Balaban J connectivity index is 2.02. The van der Waals surface area contributed by atoms with Crippen molar-refractivity contribution in [2.75, 3.05) is 5.32 Å². The first kappa shape index (κ1) is 10.7. The van der Waals surface area contributed by atoms with Crippen LogP contribution in [0.4, 0.5) is 5.69 Å². The molecule has 0 spiro atoms. The number of anilines is 1. The first-order valence-corrected chi connectivity index (χ1v) is 5.31. The number of hydrogen-bond donors (Lipinski definition) is 1. The van der Waals surface area contributed by atoms with Crippen molar-refractivity contribution in [1.82, 2.24) is 14.8 Å². The van der Waals surface area contributed by atoms with E-state index in [1.807, 2.05) is 39.4 Å². The Labute approximate surface area is 95.3 Å². The van der Waals surface area contributed by atoms with Gasteiger partial charge in [0.25, 0.3) is 0 Å². The second-order valence-corrected chi connectivity index (χ2v) is 3.98. The van der Waals surface area contributed by atoms with Crippen LogP contribution in [0.2, 0.25) is 0 Å². The maximum atomic E-state index is 4.34. The van der Waals surface area contributed by atoms with Gasteiger partial charge in [-0.2, -0.15) is 5.10 Å². The Morgan fingerprint density at radius 2 is 2.12 bits per heavy atom. The van der Waals surface area contributed by atoms with E-state index in [9.17, 15) is 0 Å². The molecule has 0 radical (unpaired) electrons. The van der Waals surface area contributed by atoms with Gasteiger partial charge in [0.2, 0.25) is 0 Å². The summed E-state index contributed by atoms with van der Waals surface area (Å²) in [6.07, 6.45) is 3.86. The summed E-state index contributed by atoms with van der Waals surface area (Å²) in [5.74, 6) is 0. The Bertz CT molecular complexity index is 470. The largest absolute Gasteiger partial charge is 0.377 e. The Morgan fingerprint density at radius 3 is 2.69 bits per heavy atom. The smallest absolute Gasteiger partial charge is 0.0825 e. The van der Waals surface area contributed by atoms with Crippen LogP contribution in [-0.2, 0) is 13.6 Å². The van der Waals surface area contributed by atoms with E-state index in [0.29, 0.717) is 0 Å². The van der Waals surface area contributed by atoms with E-state index in [1.165, 1.54) is 5.56 Å². The monoisotopic (exact) mass is 216 g/mol. The Kier molecular flexibility index (Phi) is 2.90. The molecule has 0 bridgehead atoms. The second kappa shape index (κ2) is 4.35. The van der Waals surface area contributed by atoms with E-state index < -0.39 is 0 Å². The highest BCUT2D eigenvalue weighted by molar-refractivity contribution is 5.45. The molecule has 0 saturated heterocycles. The van der Waals surface area contributed by atoms with Crippen molar-refractivity contribution in [2.24, 2.45) is 7.05 Å². The lowest BCUT2D eigenvalue weighted by Crippen LogP contribution is -2.01. The van der Waals surface area contributed by atoms with Gasteiger partial charge in [0.1, 0.15) is 0 Å². The van der Waals surface area contributed by atoms with Gasteiger partial charge in [0.05, 0.1) is 23.6 Å². The quantitative estimate of drug-likeness (QED) is 0.853. The number of hydrogen-bond acceptors (Lipinski definition) is 3. The molecule has 1 N–H and O–H groups in total. The molecule has 16 heavy (non-hydrogen) atoms. The normalized spacial score (nSPS) is 10.4. The van der Waals surface area contributed by atoms with Crippen LogP contribution < -0.4 is 5.32 Å². The van der Waals surface area contributed by atoms with Crippen molar-refractivity contribution in [1.29, 1.82) is 0 Å². The molecule has 0 aliphatic carbocycles. The average Bonchev–Trinajstić information content (AvgIpc) is 2.57. The fraction of sp³-hybridized carbons (Fsp3) is 0.333. The maximum absolute atomic E-state index is 4.34. The number of nitrogens with one attached hydrogen (secondary N) is 1. The van der Waals surface area contributed by atoms with Crippen molar-refractivity contribution in [3.63, 3.8) is 0 Å². The third-order valence-corrected chi connectivity index (χ3v) is 2.45. The molecule has 2 rings (SSSR count). The SMILES string of the molecule is Cc1ccc(CNc2cn(C)nc2C)nc1. The van der Waals surface area contributed by atoms with Crippen LogP contribution in [-0.4, -0.2) is 14.8 Å². The molecular formula is C12H16N4. The second-order valence-electron chi connectivity index (χ2n) is 3.98. The molecule has 0 unspecified atom stereocenters. The summed E-state index contributed by atoms with van der Waals surface area (Å²) in [4.78, 5) is 4.34. The van der Waals surface area contributed by atoms with E-state index in [4.69, 9.17) is 0 Å². The van der Waals surface area contributed by atoms with Crippen LogP contribution in [0.25, 0.3) is 0 Å². The van der Waals surface area contributed by atoms with Crippen LogP contribution in [0.3, 0.4) is 0 Å². The minimum atomic E-state index is 0.729. The van der Waals surface area contributed by atoms with Crippen molar-refractivity contribution in [3.8, 4) is 0 Å². The zero-order valence-corrected chi connectivity index (χ0v) is 9.86. The minimum Gasteiger partial charge on any atom is -0.377 e. The van der Waals surface area contributed by atoms with Crippen LogP contribution >= 0.6 is 0 Å². The summed E-state index contributed by atoms with van der Waals surface area (Å²) in [6.45, 7) is 4.76. The zero-order valence-electron chi connectivity index (χ0n) is 9.86. The average molecular weight is 216 g/mol. The molecule has 0 saturated carbocycles. The van der Waals surface area contributed by atoms with Crippen LogP contribution in [0.1, 0.15) is 17.0 Å². The van der Waals surface area contributed by atoms with Gasteiger partial charge in [-0.25, -0.2) is 0 Å². The first-order chi connectivity index (χ1) is 7.65. The summed E-state index contributed by atoms with van der Waals surface area (Å²) < 4.78 is 1.81. The minimum absolute atomic E-state index is 0.729. The molecular weight excluding hydrogens is 200 g/mol. The third kappa shape index (κ3) is 2.39. The van der Waals surface area contributed by atoms with Crippen molar-refractivity contribution in [2.45, 2.75) is 20.4 Å². The van der Waals surface area contributed by atoms with Crippen molar-refractivity contribution in [3.05, 3.63) is 41.5 Å². The topological polar surface area (TPSA) is 42.7 Å². The van der Waals surface area contributed by atoms with Gasteiger partial charge in [-0.05, 0) is 25.5 Å². The van der Waals surface area contributed by atoms with E-state index in [0.717, 1.165) is 23.6 Å². The predicted octanol–water partition coefficient (Wildman–Crippen LogP) is 2.04. The van der Waals surface area contributed by atoms with Crippen molar-refractivity contribution >= 4 is 5.69 Å². The molecule has 0 aliphatic heterocycles. The predicted molar refractivity (Wildman–Crippen MR) is 64.2 cm³/mol. The molecule has 84 valence electrons. The van der Waals surface area contributed by atoms with Gasteiger partial charge in [-0.15, -0.1) is 0 Å². The highest BCUT2D eigenvalue weighted by Gasteiger charge is 2.02. The molecule has 0 atom stereocenters. The highest BCUT2D eigenvalue weighted by atomic mass is 15.3. The lowest BCUT2D eigenvalue weighted by atomic mass is 10.2. The summed E-state index contributed by atoms with van der Waals surface area (Å²) in [5.41, 5.74) is 4.29. The molecule has 0 amide bonds. The fourth-order valence-corrected chi connectivity index (χ4v) is 1.56. The van der Waals surface area contributed by atoms with Gasteiger partial charge >= 0.3 is 0 Å². The Hall–Kier alpha value is -1.84. The molecule has 4 heteroatoms. The van der Waals surface area contributed by atoms with E-state index in [2.05, 4.69) is 21.5 Å². The molecule has 0 aliphatic rings. The lowest BCUT2D eigenvalue weighted by molar-refractivity contribution is 0.756. The maximum Gasteiger partial charge on any atom is 0.0825 e. The summed E-state index contributed by atoms with van der Waals surface area (Å²) in [7, 11) is 1.92. The number of aryl methyl sites for hydroxylation is 3. The van der Waals surface area contributed by atoms with Gasteiger partial charge < -0.3 is 5.32 Å². The molecule has 4 nitrogen and oxygen atoms in total. The molecule has 2 heterocycles. The standard InChI is InChI=1S/C12H16N4/c1-9-4-5-11(13-6-9)7-14-12-8-16(3)15-10(12)2/h4-6,8,14H,7H2,1-3H3. The molecule has 0 aromatic carbocycles. The number of pyridine rings is 1. The fourth-order valence-electron chi connectivity index (χ4n) is 1.56. The summed E-state index contributed by atoms with van der Waals surface area (Å²) >= 11 is 0. The van der Waals surface area contributed by atoms with E-state index >= 15 is 0 Å². The van der Waals surface area contributed by atoms with Gasteiger partial charge in [-0.1, -0.05) is 6.07 Å². The summed E-state index contributed by atoms with van der Waals surface area (Å²) in [6, 6.07) is 4.11. The summed E-state index contributed by atoms with van der Waals surface area (Å²) in [5, 5.41) is 7.59. The number of rotatable bonds is 3. The van der Waals surface area contributed by atoms with Gasteiger partial charge in [-0.3, -0.25) is 9.67 Å². The first-order valence-electron chi connectivity index (χ1n) is 5.31. The van der Waals surface area contributed by atoms with E-state index in [1.54, 1.807) is 4.68 Å². The zero-order chi connectivity index (χ0) is 11.5. The lowest BCUT2D eigenvalue weighted by Gasteiger charge is -2.04. The third-order valence-electron chi connectivity index (χ3n) is 2.45. The van der Waals surface area contributed by atoms with Crippen LogP contribution in [0.15, 0.2) is 24.5 Å². The van der Waals surface area contributed by atoms with Crippen LogP contribution in [0, 0.1) is 13.8 Å². The molecule has 0 fully saturated rings. The van der Waals surface area contributed by atoms with Gasteiger partial charge in [0.15, 0.2) is 0 Å². The van der Waals surface area contributed by atoms with Crippen LogP contribution in [0.5, 0.6) is 0 Å². The highest BCUT2D eigenvalue weighted by Crippen LogP contribution is 2.12. The van der Waals surface area contributed by atoms with Crippen molar-refractivity contribution < 1.29 is 0 Å². The molecule has 2 aromatic heterocycles. The van der Waals surface area contributed by atoms with E-state index in [-0.39, 0.29) is 0 Å². The molecule has 2 aromatic rings. The Morgan fingerprint density at radius 1 is 1.31 bits per heavy atom. The number of nitrogens with zero attached hydrogens (tertiary/aromatic N) is 3. The number of aromatic nitrogens is 3.